The lowest BCUT2D eigenvalue weighted by molar-refractivity contribution is -0.402. The van der Waals surface area contributed by atoms with Gasteiger partial charge in [0.15, 0.2) is 5.76 Å². The van der Waals surface area contributed by atoms with Crippen molar-refractivity contribution in [2.24, 2.45) is 5.92 Å². The quantitative estimate of drug-likeness (QED) is 0.283. The van der Waals surface area contributed by atoms with Gasteiger partial charge in [-0.15, -0.1) is 12.4 Å². The molecule has 3 aromatic rings. The van der Waals surface area contributed by atoms with Crippen LogP contribution in [0.1, 0.15) is 41.9 Å². The van der Waals surface area contributed by atoms with E-state index in [1.165, 1.54) is 23.9 Å². The van der Waals surface area contributed by atoms with Crippen LogP contribution in [0.5, 0.6) is 0 Å². The summed E-state index contributed by atoms with van der Waals surface area (Å²) in [7, 11) is 0. The van der Waals surface area contributed by atoms with Crippen LogP contribution in [0.2, 0.25) is 0 Å². The second kappa shape index (κ2) is 10.5. The van der Waals surface area contributed by atoms with Gasteiger partial charge >= 0.3 is 5.88 Å². The highest BCUT2D eigenvalue weighted by Gasteiger charge is 2.27. The SMILES string of the molecule is Cl.O=C(NCCCC1CCN(C(=O)c2ccc([N+](=O)[O-])o2)CC1)C1=Cc2cnc3cccc(n23)S1. The number of nitro groups is 1. The van der Waals surface area contributed by atoms with Crippen LogP contribution in [0.25, 0.3) is 11.7 Å². The van der Waals surface area contributed by atoms with Gasteiger partial charge in [-0.2, -0.15) is 0 Å². The number of hydrogen-bond donors (Lipinski definition) is 1. The van der Waals surface area contributed by atoms with Crippen LogP contribution in [0.15, 0.2) is 50.9 Å². The predicted octanol–water partition coefficient (Wildman–Crippen LogP) is 4.15. The second-order valence-corrected chi connectivity index (χ2v) is 9.44. The summed E-state index contributed by atoms with van der Waals surface area (Å²) in [5.41, 5.74) is 1.77. The van der Waals surface area contributed by atoms with Gasteiger partial charge in [0, 0.05) is 19.6 Å². The van der Waals surface area contributed by atoms with E-state index in [9.17, 15) is 19.7 Å². The molecule has 5 heterocycles. The number of rotatable bonds is 7. The average Bonchev–Trinajstić information content (AvgIpc) is 3.51. The molecule has 2 amide bonds. The van der Waals surface area contributed by atoms with Crippen molar-refractivity contribution in [2.45, 2.75) is 30.7 Å². The highest BCUT2D eigenvalue weighted by atomic mass is 35.5. The monoisotopic (exact) mass is 517 g/mol. The molecule has 0 bridgehead atoms. The van der Waals surface area contributed by atoms with E-state index in [0.717, 1.165) is 42.1 Å². The number of pyridine rings is 1. The number of piperidine rings is 1. The molecule has 10 nitrogen and oxygen atoms in total. The number of likely N-dealkylation sites (tertiary alicyclic amines) is 1. The lowest BCUT2D eigenvalue weighted by Gasteiger charge is -2.31. The molecule has 1 N–H and O–H groups in total. The molecule has 2 aliphatic heterocycles. The third-order valence-corrected chi connectivity index (χ3v) is 7.25. The fourth-order valence-electron chi connectivity index (χ4n) is 4.40. The van der Waals surface area contributed by atoms with E-state index in [0.29, 0.717) is 30.5 Å². The summed E-state index contributed by atoms with van der Waals surface area (Å²) in [6, 6.07) is 8.41. The van der Waals surface area contributed by atoms with Crippen molar-refractivity contribution in [3.05, 3.63) is 63.0 Å². The van der Waals surface area contributed by atoms with Crippen LogP contribution in [0.4, 0.5) is 5.88 Å². The number of furan rings is 1. The molecule has 1 fully saturated rings. The Labute approximate surface area is 211 Å². The predicted molar refractivity (Wildman–Crippen MR) is 133 cm³/mol. The van der Waals surface area contributed by atoms with E-state index < -0.39 is 10.8 Å². The first-order chi connectivity index (χ1) is 16.5. The number of nitrogens with zero attached hydrogens (tertiary/aromatic N) is 4. The first kappa shape index (κ1) is 24.8. The molecular weight excluding hydrogens is 494 g/mol. The highest BCUT2D eigenvalue weighted by molar-refractivity contribution is 8.04. The molecular formula is C23H24ClN5O5S. The fourth-order valence-corrected chi connectivity index (χ4v) is 5.41. The van der Waals surface area contributed by atoms with E-state index in [2.05, 4.69) is 10.3 Å². The van der Waals surface area contributed by atoms with Gasteiger partial charge in [-0.05, 0) is 55.9 Å². The van der Waals surface area contributed by atoms with Crippen molar-refractivity contribution < 1.29 is 18.9 Å². The minimum Gasteiger partial charge on any atom is -0.395 e. The van der Waals surface area contributed by atoms with Crippen molar-refractivity contribution in [1.29, 1.82) is 0 Å². The Morgan fingerprint density at radius 1 is 1.23 bits per heavy atom. The molecule has 3 aromatic heterocycles. The zero-order chi connectivity index (χ0) is 23.7. The Balaban J connectivity index is 0.00000289. The van der Waals surface area contributed by atoms with E-state index >= 15 is 0 Å². The van der Waals surface area contributed by atoms with Gasteiger partial charge < -0.3 is 14.6 Å². The maximum atomic E-state index is 12.7. The molecule has 0 atom stereocenters. The summed E-state index contributed by atoms with van der Waals surface area (Å²) in [4.78, 5) is 42.0. The Bertz CT molecular complexity index is 1290. The minimum atomic E-state index is -0.652. The van der Waals surface area contributed by atoms with Crippen LogP contribution in [-0.4, -0.2) is 50.7 Å². The zero-order valence-electron chi connectivity index (χ0n) is 18.7. The largest absolute Gasteiger partial charge is 0.433 e. The lowest BCUT2D eigenvalue weighted by atomic mass is 9.92. The van der Waals surface area contributed by atoms with E-state index in [1.54, 1.807) is 11.1 Å². The van der Waals surface area contributed by atoms with Crippen LogP contribution in [-0.2, 0) is 4.79 Å². The molecule has 0 spiro atoms. The topological polar surface area (TPSA) is 123 Å². The first-order valence-electron chi connectivity index (χ1n) is 11.2. The van der Waals surface area contributed by atoms with E-state index in [-0.39, 0.29) is 30.0 Å². The van der Waals surface area contributed by atoms with Gasteiger partial charge in [0.2, 0.25) is 0 Å². The number of carbonyl (C=O) groups excluding carboxylic acids is 2. The van der Waals surface area contributed by atoms with Gasteiger partial charge in [-0.1, -0.05) is 17.8 Å². The minimum absolute atomic E-state index is 0. The Morgan fingerprint density at radius 2 is 2.03 bits per heavy atom. The van der Waals surface area contributed by atoms with Crippen molar-refractivity contribution in [1.82, 2.24) is 19.6 Å². The summed E-state index contributed by atoms with van der Waals surface area (Å²) < 4.78 is 7.06. The number of thioether (sulfide) groups is 1. The van der Waals surface area contributed by atoms with Gasteiger partial charge in [0.1, 0.15) is 10.6 Å². The smallest absolute Gasteiger partial charge is 0.395 e. The molecule has 1 saturated heterocycles. The second-order valence-electron chi connectivity index (χ2n) is 8.38. The van der Waals surface area contributed by atoms with Crippen LogP contribution >= 0.6 is 24.2 Å². The zero-order valence-corrected chi connectivity index (χ0v) is 20.3. The standard InChI is InChI=1S/C23H23N5O5S.ClH/c29-22(18-13-16-14-25-19-4-1-5-21(34-18)27(16)19)24-10-2-3-15-8-11-26(12-9-15)23(30)17-6-7-20(33-17)28(31)32;/h1,4-7,13-15H,2-3,8-12H2,(H,24,29);1H. The number of halogens is 1. The van der Waals surface area contributed by atoms with Gasteiger partial charge in [-0.3, -0.25) is 24.1 Å². The normalized spacial score (nSPS) is 15.4. The maximum Gasteiger partial charge on any atom is 0.433 e. The van der Waals surface area contributed by atoms with Crippen molar-refractivity contribution >= 4 is 53.6 Å². The Morgan fingerprint density at radius 3 is 2.77 bits per heavy atom. The molecule has 0 aliphatic carbocycles. The lowest BCUT2D eigenvalue weighted by Crippen LogP contribution is -2.38. The van der Waals surface area contributed by atoms with Crippen LogP contribution in [0, 0.1) is 16.0 Å². The summed E-state index contributed by atoms with van der Waals surface area (Å²) in [5, 5.41) is 14.7. The number of imidazole rings is 1. The molecule has 5 rings (SSSR count). The van der Waals surface area contributed by atoms with Gasteiger partial charge in [0.25, 0.3) is 11.8 Å². The first-order valence-corrected chi connectivity index (χ1v) is 12.0. The Kier molecular flexibility index (Phi) is 7.46. The van der Waals surface area contributed by atoms with Crippen LogP contribution in [0.3, 0.4) is 0 Å². The summed E-state index contributed by atoms with van der Waals surface area (Å²) in [5.74, 6) is -0.342. The molecule has 2 aliphatic rings. The molecule has 0 unspecified atom stereocenters. The van der Waals surface area contributed by atoms with E-state index in [1.807, 2.05) is 28.7 Å². The number of nitrogens with one attached hydrogen (secondary N) is 1. The van der Waals surface area contributed by atoms with Crippen molar-refractivity contribution in [2.75, 3.05) is 19.6 Å². The highest BCUT2D eigenvalue weighted by Crippen LogP contribution is 2.34. The average molecular weight is 518 g/mol. The molecule has 0 radical (unpaired) electrons. The maximum absolute atomic E-state index is 12.7. The number of aromatic nitrogens is 2. The molecule has 35 heavy (non-hydrogen) atoms. The van der Waals surface area contributed by atoms with Crippen LogP contribution < -0.4 is 5.32 Å². The number of hydrogen-bond acceptors (Lipinski definition) is 7. The van der Waals surface area contributed by atoms with Crippen molar-refractivity contribution in [3.8, 4) is 0 Å². The number of amides is 2. The van der Waals surface area contributed by atoms with E-state index in [4.69, 9.17) is 4.42 Å². The summed E-state index contributed by atoms with van der Waals surface area (Å²) in [6.07, 6.45) is 7.19. The fraction of sp³-hybridized carbons (Fsp3) is 0.348. The molecule has 0 aromatic carbocycles. The summed E-state index contributed by atoms with van der Waals surface area (Å²) in [6.45, 7) is 1.77. The Hall–Kier alpha value is -3.31. The molecule has 0 saturated carbocycles. The summed E-state index contributed by atoms with van der Waals surface area (Å²) >= 11 is 1.44. The molecule has 12 heteroatoms. The third-order valence-electron chi connectivity index (χ3n) is 6.20. The van der Waals surface area contributed by atoms with Crippen molar-refractivity contribution in [3.63, 3.8) is 0 Å². The van der Waals surface area contributed by atoms with Gasteiger partial charge in [0.05, 0.1) is 27.9 Å². The number of carbonyl (C=O) groups is 2. The molecule has 184 valence electrons. The van der Waals surface area contributed by atoms with Gasteiger partial charge in [-0.25, -0.2) is 4.98 Å². The third kappa shape index (κ3) is 5.20.